The third-order valence-corrected chi connectivity index (χ3v) is 4.18. The van der Waals surface area contributed by atoms with E-state index in [0.717, 1.165) is 19.3 Å². The van der Waals surface area contributed by atoms with Gasteiger partial charge in [-0.1, -0.05) is 6.92 Å². The monoisotopic (exact) mass is 261 g/mol. The molecule has 0 N–H and O–H groups in total. The maximum absolute atomic E-state index is 11.2. The van der Waals surface area contributed by atoms with Crippen LogP contribution in [0.3, 0.4) is 0 Å². The Balaban J connectivity index is 2.63. The molecule has 2 rings (SSSR count). The summed E-state index contributed by atoms with van der Waals surface area (Å²) in [5, 5.41) is 0. The average Bonchev–Trinajstić information content (AvgIpc) is 2.36. The Labute approximate surface area is 115 Å². The number of benzene rings is 1. The highest BCUT2D eigenvalue weighted by molar-refractivity contribution is 5.82. The second-order valence-electron chi connectivity index (χ2n) is 5.93. The molecule has 1 atom stereocenters. The summed E-state index contributed by atoms with van der Waals surface area (Å²) in [5.74, 6) is 1.12. The SMILES string of the molecule is CCN1c2cc(OC)c(C=O)cc2[C@@H](C)CC1(C)C. The summed E-state index contributed by atoms with van der Waals surface area (Å²) in [6.45, 7) is 9.90. The molecule has 0 aromatic heterocycles. The summed E-state index contributed by atoms with van der Waals surface area (Å²) in [4.78, 5) is 13.6. The van der Waals surface area contributed by atoms with E-state index in [0.29, 0.717) is 17.2 Å². The van der Waals surface area contributed by atoms with Gasteiger partial charge in [0.15, 0.2) is 6.29 Å². The third-order valence-electron chi connectivity index (χ3n) is 4.18. The largest absolute Gasteiger partial charge is 0.496 e. The molecule has 0 fully saturated rings. The van der Waals surface area contributed by atoms with Crippen LogP contribution < -0.4 is 9.64 Å². The summed E-state index contributed by atoms with van der Waals surface area (Å²) in [7, 11) is 1.61. The number of fused-ring (bicyclic) bond motifs is 1. The molecule has 0 radical (unpaired) electrons. The van der Waals surface area contributed by atoms with Crippen LogP contribution in [0.2, 0.25) is 0 Å². The van der Waals surface area contributed by atoms with E-state index in [1.807, 2.05) is 12.1 Å². The van der Waals surface area contributed by atoms with Crippen LogP contribution in [0, 0.1) is 0 Å². The molecule has 0 spiro atoms. The van der Waals surface area contributed by atoms with Crippen molar-refractivity contribution in [3.63, 3.8) is 0 Å². The standard InChI is InChI=1S/C16H23NO2/c1-6-17-14-8-15(19-5)12(10-18)7-13(14)11(2)9-16(17,3)4/h7-8,10-11H,6,9H2,1-5H3/t11-/m0/s1. The van der Waals surface area contributed by atoms with Crippen molar-refractivity contribution in [2.24, 2.45) is 0 Å². The fraction of sp³-hybridized carbons (Fsp3) is 0.562. The van der Waals surface area contributed by atoms with E-state index in [1.54, 1.807) is 7.11 Å². The number of hydrogen-bond donors (Lipinski definition) is 0. The summed E-state index contributed by atoms with van der Waals surface area (Å²) < 4.78 is 5.34. The van der Waals surface area contributed by atoms with Gasteiger partial charge in [-0.15, -0.1) is 0 Å². The Morgan fingerprint density at radius 3 is 2.68 bits per heavy atom. The number of carbonyl (C=O) groups is 1. The van der Waals surface area contributed by atoms with Gasteiger partial charge in [0.25, 0.3) is 0 Å². The van der Waals surface area contributed by atoms with Gasteiger partial charge in [0.05, 0.1) is 12.7 Å². The molecule has 1 aliphatic rings. The fourth-order valence-corrected chi connectivity index (χ4v) is 3.39. The molecule has 1 aromatic carbocycles. The second-order valence-corrected chi connectivity index (χ2v) is 5.93. The first kappa shape index (κ1) is 13.9. The quantitative estimate of drug-likeness (QED) is 0.778. The van der Waals surface area contributed by atoms with Crippen LogP contribution in [0.5, 0.6) is 5.75 Å². The third kappa shape index (κ3) is 2.22. The first-order chi connectivity index (χ1) is 8.94. The van der Waals surface area contributed by atoms with E-state index in [4.69, 9.17) is 4.74 Å². The number of nitrogens with zero attached hydrogens (tertiary/aromatic N) is 1. The van der Waals surface area contributed by atoms with E-state index in [1.165, 1.54) is 11.3 Å². The van der Waals surface area contributed by atoms with Crippen LogP contribution in [-0.4, -0.2) is 25.5 Å². The van der Waals surface area contributed by atoms with Gasteiger partial charge in [-0.25, -0.2) is 0 Å². The lowest BCUT2D eigenvalue weighted by Gasteiger charge is -2.47. The molecule has 0 aliphatic carbocycles. The van der Waals surface area contributed by atoms with Crippen LogP contribution in [0.15, 0.2) is 12.1 Å². The van der Waals surface area contributed by atoms with E-state index < -0.39 is 0 Å². The summed E-state index contributed by atoms with van der Waals surface area (Å²) in [5.41, 5.74) is 3.23. The Morgan fingerprint density at radius 2 is 2.16 bits per heavy atom. The van der Waals surface area contributed by atoms with Crippen molar-refractivity contribution in [3.05, 3.63) is 23.3 Å². The molecule has 1 aromatic rings. The molecule has 3 heteroatoms. The Bertz CT molecular complexity index is 494. The normalized spacial score (nSPS) is 20.9. The van der Waals surface area contributed by atoms with Gasteiger partial charge in [-0.2, -0.15) is 0 Å². The van der Waals surface area contributed by atoms with Crippen molar-refractivity contribution in [2.75, 3.05) is 18.6 Å². The highest BCUT2D eigenvalue weighted by Crippen LogP contribution is 2.45. The molecule has 0 saturated carbocycles. The van der Waals surface area contributed by atoms with Gasteiger partial charge in [-0.05, 0) is 44.7 Å². The Morgan fingerprint density at radius 1 is 1.47 bits per heavy atom. The van der Waals surface area contributed by atoms with Gasteiger partial charge >= 0.3 is 0 Å². The second kappa shape index (κ2) is 4.87. The summed E-state index contributed by atoms with van der Waals surface area (Å²) in [6.07, 6.45) is 1.97. The molecule has 0 bridgehead atoms. The minimum atomic E-state index is 0.134. The van der Waals surface area contributed by atoms with Crippen LogP contribution in [0.4, 0.5) is 5.69 Å². The maximum Gasteiger partial charge on any atom is 0.153 e. The van der Waals surface area contributed by atoms with Crippen molar-refractivity contribution >= 4 is 12.0 Å². The summed E-state index contributed by atoms with van der Waals surface area (Å²) >= 11 is 0. The zero-order valence-electron chi connectivity index (χ0n) is 12.5. The number of hydrogen-bond acceptors (Lipinski definition) is 3. The van der Waals surface area contributed by atoms with Gasteiger partial charge < -0.3 is 9.64 Å². The van der Waals surface area contributed by atoms with E-state index in [2.05, 4.69) is 32.6 Å². The molecular formula is C16H23NO2. The number of carbonyl (C=O) groups excluding carboxylic acids is 1. The first-order valence-corrected chi connectivity index (χ1v) is 6.89. The Kier molecular flexibility index (Phi) is 3.57. The van der Waals surface area contributed by atoms with Gasteiger partial charge in [-0.3, -0.25) is 4.79 Å². The first-order valence-electron chi connectivity index (χ1n) is 6.89. The number of aldehydes is 1. The van der Waals surface area contributed by atoms with Crippen molar-refractivity contribution in [1.82, 2.24) is 0 Å². The molecule has 0 saturated heterocycles. The van der Waals surface area contributed by atoms with Crippen LogP contribution >= 0.6 is 0 Å². The zero-order chi connectivity index (χ0) is 14.2. The fourth-order valence-electron chi connectivity index (χ4n) is 3.39. The van der Waals surface area contributed by atoms with Gasteiger partial charge in [0, 0.05) is 23.8 Å². The molecule has 1 aliphatic heterocycles. The van der Waals surface area contributed by atoms with Crippen LogP contribution in [0.25, 0.3) is 0 Å². The van der Waals surface area contributed by atoms with Crippen molar-refractivity contribution in [3.8, 4) is 5.75 Å². The molecule has 0 amide bonds. The molecule has 104 valence electrons. The van der Waals surface area contributed by atoms with Crippen molar-refractivity contribution < 1.29 is 9.53 Å². The van der Waals surface area contributed by atoms with E-state index >= 15 is 0 Å². The molecule has 1 heterocycles. The lowest BCUT2D eigenvalue weighted by Crippen LogP contribution is -2.48. The minimum absolute atomic E-state index is 0.134. The highest BCUT2D eigenvalue weighted by Gasteiger charge is 2.36. The summed E-state index contributed by atoms with van der Waals surface area (Å²) in [6, 6.07) is 4.00. The zero-order valence-corrected chi connectivity index (χ0v) is 12.5. The van der Waals surface area contributed by atoms with Crippen LogP contribution in [0.1, 0.15) is 56.0 Å². The maximum atomic E-state index is 11.2. The predicted molar refractivity (Wildman–Crippen MR) is 78.5 cm³/mol. The lowest BCUT2D eigenvalue weighted by atomic mass is 9.79. The highest BCUT2D eigenvalue weighted by atomic mass is 16.5. The number of methoxy groups -OCH3 is 1. The smallest absolute Gasteiger partial charge is 0.153 e. The minimum Gasteiger partial charge on any atom is -0.496 e. The molecular weight excluding hydrogens is 238 g/mol. The molecule has 19 heavy (non-hydrogen) atoms. The number of rotatable bonds is 3. The predicted octanol–water partition coefficient (Wildman–Crippen LogP) is 3.62. The topological polar surface area (TPSA) is 29.5 Å². The van der Waals surface area contributed by atoms with Crippen LogP contribution in [-0.2, 0) is 0 Å². The Hall–Kier alpha value is -1.51. The molecule has 0 unspecified atom stereocenters. The lowest BCUT2D eigenvalue weighted by molar-refractivity contribution is 0.112. The van der Waals surface area contributed by atoms with Crippen molar-refractivity contribution in [1.29, 1.82) is 0 Å². The van der Waals surface area contributed by atoms with E-state index in [-0.39, 0.29) is 5.54 Å². The molecule has 3 nitrogen and oxygen atoms in total. The van der Waals surface area contributed by atoms with Gasteiger partial charge in [0.1, 0.15) is 5.75 Å². The number of anilines is 1. The van der Waals surface area contributed by atoms with Gasteiger partial charge in [0.2, 0.25) is 0 Å². The number of ether oxygens (including phenoxy) is 1. The van der Waals surface area contributed by atoms with E-state index in [9.17, 15) is 4.79 Å². The average molecular weight is 261 g/mol. The van der Waals surface area contributed by atoms with Crippen molar-refractivity contribution in [2.45, 2.75) is 45.6 Å².